The lowest BCUT2D eigenvalue weighted by molar-refractivity contribution is 0.709. The molecule has 6 rings (SSSR count). The van der Waals surface area contributed by atoms with Crippen LogP contribution in [0.2, 0.25) is 13.1 Å². The van der Waals surface area contributed by atoms with Gasteiger partial charge in [-0.25, -0.2) is 0 Å². The van der Waals surface area contributed by atoms with Gasteiger partial charge in [0.15, 0.2) is 0 Å². The Morgan fingerprint density at radius 3 is 1.48 bits per heavy atom. The molecule has 0 saturated heterocycles. The minimum absolute atomic E-state index is 0.548. The second-order valence-electron chi connectivity index (χ2n) is 13.6. The summed E-state index contributed by atoms with van der Waals surface area (Å²) in [5.74, 6) is 1.78. The van der Waals surface area contributed by atoms with E-state index in [1.54, 1.807) is 16.7 Å². The molecular formula is C38H43Br3Si. The maximum absolute atomic E-state index is 3.83. The van der Waals surface area contributed by atoms with Crippen LogP contribution in [0.15, 0.2) is 84.7 Å². The smallest absolute Gasteiger partial charge is 0.0679 e. The average Bonchev–Trinajstić information content (AvgIpc) is 3.64. The van der Waals surface area contributed by atoms with Crippen molar-refractivity contribution in [3.8, 4) is 0 Å². The fourth-order valence-corrected chi connectivity index (χ4v) is 13.8. The Labute approximate surface area is 280 Å². The summed E-state index contributed by atoms with van der Waals surface area (Å²) >= 11 is 11.2. The number of hydrogen-bond donors (Lipinski definition) is 0. The Bertz CT molecular complexity index is 1520. The van der Waals surface area contributed by atoms with E-state index in [1.165, 1.54) is 46.8 Å². The molecule has 0 aromatic heterocycles. The predicted molar refractivity (Wildman–Crippen MR) is 198 cm³/mol. The van der Waals surface area contributed by atoms with E-state index in [2.05, 4.69) is 175 Å². The summed E-state index contributed by atoms with van der Waals surface area (Å²) in [7, 11) is -1.82. The van der Waals surface area contributed by atoms with Gasteiger partial charge in [-0.2, -0.15) is 0 Å². The van der Waals surface area contributed by atoms with Gasteiger partial charge in [-0.05, 0) is 75.8 Å². The number of hydrogen-bond acceptors (Lipinski definition) is 0. The molecule has 0 saturated carbocycles. The Morgan fingerprint density at radius 1 is 0.595 bits per heavy atom. The van der Waals surface area contributed by atoms with Crippen molar-refractivity contribution in [2.24, 2.45) is 17.8 Å². The summed E-state index contributed by atoms with van der Waals surface area (Å²) in [4.78, 5) is 0. The maximum atomic E-state index is 3.83. The molecule has 0 heterocycles. The van der Waals surface area contributed by atoms with E-state index in [1.807, 2.05) is 0 Å². The molecule has 0 nitrogen and oxygen atoms in total. The van der Waals surface area contributed by atoms with Crippen LogP contribution in [0.25, 0.3) is 18.2 Å². The van der Waals surface area contributed by atoms with Crippen LogP contribution < -0.4 is 0 Å². The van der Waals surface area contributed by atoms with Crippen LogP contribution in [0.5, 0.6) is 0 Å². The molecule has 2 unspecified atom stereocenters. The zero-order valence-corrected chi connectivity index (χ0v) is 31.9. The third-order valence-electron chi connectivity index (χ3n) is 9.52. The van der Waals surface area contributed by atoms with Crippen LogP contribution in [0.3, 0.4) is 0 Å². The molecule has 0 bridgehead atoms. The third kappa shape index (κ3) is 5.83. The number of allylic oxidation sites excluding steroid dienone is 3. The largest absolute Gasteiger partial charge is 0.0722 e. The first kappa shape index (κ1) is 31.9. The standard InChI is InChI=1S/C26H30Br2Si.C12H13Br/c1-15(2)19-13-21-17(9-7-11-23(21)27)25(19)29(5,6)26-18-10-8-12-24(28)22(18)14-20(26)16(3)4;1-8(2)10-6-9-4-3-5-12(13)11(9)7-10/h7-16,25-26H,1-6H3;3-6,8H,7H2,1-2H3. The Balaban J connectivity index is 0.000000226. The molecule has 3 aliphatic carbocycles. The Hall–Kier alpha value is -1.46. The zero-order valence-electron chi connectivity index (χ0n) is 26.2. The molecule has 3 aliphatic rings. The zero-order chi connectivity index (χ0) is 30.5. The first-order valence-corrected chi connectivity index (χ1v) is 20.8. The van der Waals surface area contributed by atoms with Crippen LogP contribution in [0.4, 0.5) is 0 Å². The SMILES string of the molecule is CC(C)C1=Cc2c(Br)cccc2C1[Si](C)(C)C1C(C(C)C)=Cc2c(Br)cccc21.CC(C)C1=Cc2cccc(Br)c2C1. The van der Waals surface area contributed by atoms with E-state index in [9.17, 15) is 0 Å². The van der Waals surface area contributed by atoms with Crippen molar-refractivity contribution in [1.29, 1.82) is 0 Å². The second kappa shape index (κ2) is 12.5. The summed E-state index contributed by atoms with van der Waals surface area (Å²) < 4.78 is 3.71. The molecule has 0 radical (unpaired) electrons. The van der Waals surface area contributed by atoms with E-state index in [4.69, 9.17) is 0 Å². The van der Waals surface area contributed by atoms with E-state index < -0.39 is 8.07 Å². The topological polar surface area (TPSA) is 0 Å². The van der Waals surface area contributed by atoms with Crippen LogP contribution >= 0.6 is 47.8 Å². The summed E-state index contributed by atoms with van der Waals surface area (Å²) in [5.41, 5.74) is 14.6. The van der Waals surface area contributed by atoms with Gasteiger partial charge in [0.25, 0.3) is 0 Å². The molecule has 42 heavy (non-hydrogen) atoms. The Kier molecular flexibility index (Phi) is 9.51. The van der Waals surface area contributed by atoms with Gasteiger partial charge in [0, 0.05) is 24.5 Å². The lowest BCUT2D eigenvalue weighted by Crippen LogP contribution is -2.44. The molecule has 3 aromatic carbocycles. The number of halogens is 3. The summed E-state index contributed by atoms with van der Waals surface area (Å²) in [6.07, 6.45) is 8.41. The quantitative estimate of drug-likeness (QED) is 0.227. The lowest BCUT2D eigenvalue weighted by atomic mass is 9.99. The summed E-state index contributed by atoms with van der Waals surface area (Å²) in [5, 5.41) is 0. The van der Waals surface area contributed by atoms with Gasteiger partial charge in [0.05, 0.1) is 8.07 Å². The molecule has 0 fully saturated rings. The van der Waals surface area contributed by atoms with Crippen molar-refractivity contribution in [2.45, 2.75) is 72.1 Å². The highest BCUT2D eigenvalue weighted by Gasteiger charge is 2.49. The maximum Gasteiger partial charge on any atom is 0.0722 e. The van der Waals surface area contributed by atoms with Crippen molar-refractivity contribution in [1.82, 2.24) is 0 Å². The van der Waals surface area contributed by atoms with Gasteiger partial charge in [0.2, 0.25) is 0 Å². The molecule has 3 aromatic rings. The predicted octanol–water partition coefficient (Wildman–Crippen LogP) is 13.0. The monoisotopic (exact) mass is 764 g/mol. The molecule has 0 amide bonds. The van der Waals surface area contributed by atoms with Gasteiger partial charge in [-0.3, -0.25) is 0 Å². The number of benzene rings is 3. The molecular weight excluding hydrogens is 724 g/mol. The highest BCUT2D eigenvalue weighted by atomic mass is 79.9. The minimum atomic E-state index is -1.82. The molecule has 4 heteroatoms. The first-order valence-electron chi connectivity index (χ1n) is 15.3. The first-order chi connectivity index (χ1) is 19.8. The van der Waals surface area contributed by atoms with Gasteiger partial charge in [0.1, 0.15) is 0 Å². The van der Waals surface area contributed by atoms with E-state index in [0.29, 0.717) is 28.8 Å². The third-order valence-corrected chi connectivity index (χ3v) is 15.9. The highest BCUT2D eigenvalue weighted by molar-refractivity contribution is 9.11. The average molecular weight is 768 g/mol. The van der Waals surface area contributed by atoms with E-state index >= 15 is 0 Å². The van der Waals surface area contributed by atoms with Gasteiger partial charge < -0.3 is 0 Å². The summed E-state index contributed by atoms with van der Waals surface area (Å²) in [6, 6.07) is 20.0. The number of fused-ring (bicyclic) bond motifs is 3. The molecule has 220 valence electrons. The van der Waals surface area contributed by atoms with Gasteiger partial charge >= 0.3 is 0 Å². The van der Waals surface area contributed by atoms with E-state index in [-0.39, 0.29) is 0 Å². The van der Waals surface area contributed by atoms with Gasteiger partial charge in [-0.1, -0.05) is 174 Å². The molecule has 0 aliphatic heterocycles. The van der Waals surface area contributed by atoms with Crippen LogP contribution in [0, 0.1) is 17.8 Å². The highest BCUT2D eigenvalue weighted by Crippen LogP contribution is 2.56. The second-order valence-corrected chi connectivity index (χ2v) is 21.0. The summed E-state index contributed by atoms with van der Waals surface area (Å²) in [6.45, 7) is 19.2. The van der Waals surface area contributed by atoms with Crippen molar-refractivity contribution in [2.75, 3.05) is 0 Å². The molecule has 0 spiro atoms. The fraction of sp³-hybridized carbons (Fsp3) is 0.368. The Morgan fingerprint density at radius 2 is 1.05 bits per heavy atom. The van der Waals surface area contributed by atoms with E-state index in [0.717, 1.165) is 6.42 Å². The van der Waals surface area contributed by atoms with Crippen LogP contribution in [0.1, 0.15) is 86.0 Å². The van der Waals surface area contributed by atoms with Crippen molar-refractivity contribution < 1.29 is 0 Å². The number of rotatable bonds is 5. The fourth-order valence-electron chi connectivity index (χ4n) is 7.32. The lowest BCUT2D eigenvalue weighted by Gasteiger charge is -2.41. The molecule has 0 N–H and O–H groups in total. The van der Waals surface area contributed by atoms with Gasteiger partial charge in [-0.15, -0.1) is 0 Å². The normalized spacial score (nSPS) is 18.9. The minimum Gasteiger partial charge on any atom is -0.0679 e. The van der Waals surface area contributed by atoms with Crippen molar-refractivity contribution in [3.63, 3.8) is 0 Å². The molecule has 2 atom stereocenters. The van der Waals surface area contributed by atoms with Crippen LogP contribution in [-0.2, 0) is 6.42 Å². The van der Waals surface area contributed by atoms with Crippen molar-refractivity contribution in [3.05, 3.63) is 118 Å². The van der Waals surface area contributed by atoms with Crippen molar-refractivity contribution >= 4 is 74.1 Å². The van der Waals surface area contributed by atoms with Crippen LogP contribution in [-0.4, -0.2) is 8.07 Å².